The number of hydrogen-bond donors (Lipinski definition) is 2. The van der Waals surface area contributed by atoms with Crippen LogP contribution in [0.1, 0.15) is 27.9 Å². The van der Waals surface area contributed by atoms with Gasteiger partial charge in [-0.05, 0) is 47.9 Å². The first-order valence-electron chi connectivity index (χ1n) is 9.03. The fourth-order valence-electron chi connectivity index (χ4n) is 2.74. The Morgan fingerprint density at radius 1 is 0.931 bits per heavy atom. The van der Waals surface area contributed by atoms with Crippen molar-refractivity contribution in [1.82, 2.24) is 10.3 Å². The number of nitrogens with zero attached hydrogens (tertiary/aromatic N) is 1. The molecule has 0 bridgehead atoms. The average molecular weight is 428 g/mol. The normalized spacial score (nSPS) is 10.4. The summed E-state index contributed by atoms with van der Waals surface area (Å²) in [5, 5.41) is 6.59. The van der Waals surface area contributed by atoms with Crippen molar-refractivity contribution in [3.8, 4) is 0 Å². The van der Waals surface area contributed by atoms with Gasteiger partial charge in [-0.1, -0.05) is 47.5 Å². The van der Waals surface area contributed by atoms with E-state index in [1.165, 1.54) is 0 Å². The highest BCUT2D eigenvalue weighted by Gasteiger charge is 2.13. The third-order valence-electron chi connectivity index (χ3n) is 4.25. The van der Waals surface area contributed by atoms with E-state index >= 15 is 0 Å². The Morgan fingerprint density at radius 2 is 1.76 bits per heavy atom. The molecule has 7 heteroatoms. The monoisotopic (exact) mass is 427 g/mol. The quantitative estimate of drug-likeness (QED) is 0.563. The molecule has 5 nitrogen and oxygen atoms in total. The molecule has 0 radical (unpaired) electrons. The molecule has 0 aliphatic rings. The number of benzene rings is 2. The molecule has 3 rings (SSSR count). The van der Waals surface area contributed by atoms with E-state index in [0.717, 1.165) is 11.1 Å². The molecule has 29 heavy (non-hydrogen) atoms. The molecule has 0 fully saturated rings. The second kappa shape index (κ2) is 10.0. The summed E-state index contributed by atoms with van der Waals surface area (Å²) in [5.41, 5.74) is 2.68. The number of pyridine rings is 1. The minimum atomic E-state index is -0.269. The number of para-hydroxylation sites is 1. The smallest absolute Gasteiger partial charge is 0.253 e. The molecule has 1 aromatic heterocycles. The predicted molar refractivity (Wildman–Crippen MR) is 115 cm³/mol. The summed E-state index contributed by atoms with van der Waals surface area (Å²) in [4.78, 5) is 29.0. The predicted octanol–water partition coefficient (Wildman–Crippen LogP) is 4.89. The molecule has 0 aliphatic carbocycles. The topological polar surface area (TPSA) is 71.1 Å². The maximum atomic E-state index is 12.6. The highest BCUT2D eigenvalue weighted by atomic mass is 35.5. The van der Waals surface area contributed by atoms with E-state index in [1.54, 1.807) is 48.8 Å². The highest BCUT2D eigenvalue weighted by molar-refractivity contribution is 6.42. The van der Waals surface area contributed by atoms with Crippen LogP contribution in [0.5, 0.6) is 0 Å². The van der Waals surface area contributed by atoms with Crippen LogP contribution in [0.15, 0.2) is 67.0 Å². The molecule has 0 spiro atoms. The minimum absolute atomic E-state index is 0.191. The van der Waals surface area contributed by atoms with Gasteiger partial charge in [-0.3, -0.25) is 14.6 Å². The first-order valence-corrected chi connectivity index (χ1v) is 9.78. The Morgan fingerprint density at radius 3 is 2.52 bits per heavy atom. The summed E-state index contributed by atoms with van der Waals surface area (Å²) in [6.45, 7) is 0.353. The highest BCUT2D eigenvalue weighted by Crippen LogP contribution is 2.23. The second-order valence-corrected chi connectivity index (χ2v) is 7.20. The second-order valence-electron chi connectivity index (χ2n) is 6.39. The van der Waals surface area contributed by atoms with Crippen molar-refractivity contribution in [3.63, 3.8) is 0 Å². The summed E-state index contributed by atoms with van der Waals surface area (Å²) in [6.07, 6.45) is 4.13. The molecule has 2 N–H and O–H groups in total. The number of nitrogens with one attached hydrogen (secondary N) is 2. The van der Waals surface area contributed by atoms with Crippen molar-refractivity contribution < 1.29 is 9.59 Å². The van der Waals surface area contributed by atoms with Gasteiger partial charge in [0.25, 0.3) is 5.91 Å². The molecule has 2 amide bonds. The van der Waals surface area contributed by atoms with E-state index in [0.29, 0.717) is 34.3 Å². The van der Waals surface area contributed by atoms with Gasteiger partial charge in [0.05, 0.1) is 21.3 Å². The van der Waals surface area contributed by atoms with Crippen LogP contribution in [0, 0.1) is 0 Å². The summed E-state index contributed by atoms with van der Waals surface area (Å²) in [7, 11) is 0. The van der Waals surface area contributed by atoms with Crippen molar-refractivity contribution in [3.05, 3.63) is 93.7 Å². The third-order valence-corrected chi connectivity index (χ3v) is 4.99. The Hall–Kier alpha value is -2.89. The Balaban J connectivity index is 1.59. The zero-order valence-electron chi connectivity index (χ0n) is 15.5. The Kier molecular flexibility index (Phi) is 7.22. The first kappa shape index (κ1) is 20.8. The van der Waals surface area contributed by atoms with E-state index in [9.17, 15) is 9.59 Å². The lowest BCUT2D eigenvalue weighted by molar-refractivity contribution is -0.116. The Bertz CT molecular complexity index is 1010. The summed E-state index contributed by atoms with van der Waals surface area (Å²) in [6, 6.07) is 15.9. The maximum absolute atomic E-state index is 12.6. The lowest BCUT2D eigenvalue weighted by Crippen LogP contribution is -2.25. The standard InChI is InChI=1S/C22H19Cl2N3O2/c23-18-9-7-15(12-19(18)24)8-10-21(28)27-20-6-2-1-5-17(20)22(29)26-14-16-4-3-11-25-13-16/h1-7,9,11-13H,8,10,14H2,(H,26,29)(H,27,28). The fourth-order valence-corrected chi connectivity index (χ4v) is 3.06. The lowest BCUT2D eigenvalue weighted by Gasteiger charge is -2.12. The fraction of sp³-hybridized carbons (Fsp3) is 0.136. The number of amides is 2. The molecule has 0 saturated carbocycles. The number of anilines is 1. The van der Waals surface area contributed by atoms with Gasteiger partial charge in [0, 0.05) is 25.4 Å². The number of carbonyl (C=O) groups excluding carboxylic acids is 2. The summed E-state index contributed by atoms with van der Waals surface area (Å²) < 4.78 is 0. The van der Waals surface area contributed by atoms with Crippen molar-refractivity contribution in [2.45, 2.75) is 19.4 Å². The summed E-state index contributed by atoms with van der Waals surface area (Å²) >= 11 is 11.9. The minimum Gasteiger partial charge on any atom is -0.348 e. The SMILES string of the molecule is O=C(CCc1ccc(Cl)c(Cl)c1)Nc1ccccc1C(=O)NCc1cccnc1. The number of carbonyl (C=O) groups is 2. The van der Waals surface area contributed by atoms with Crippen LogP contribution in [-0.4, -0.2) is 16.8 Å². The van der Waals surface area contributed by atoms with Crippen LogP contribution in [0.4, 0.5) is 5.69 Å². The molecule has 148 valence electrons. The van der Waals surface area contributed by atoms with Crippen molar-refractivity contribution in [2.24, 2.45) is 0 Å². The van der Waals surface area contributed by atoms with Gasteiger partial charge in [-0.25, -0.2) is 0 Å². The molecule has 2 aromatic carbocycles. The molecule has 0 aliphatic heterocycles. The van der Waals surface area contributed by atoms with Crippen LogP contribution in [0.3, 0.4) is 0 Å². The van der Waals surface area contributed by atoms with Crippen LogP contribution >= 0.6 is 23.2 Å². The van der Waals surface area contributed by atoms with Gasteiger partial charge < -0.3 is 10.6 Å². The molecule has 3 aromatic rings. The van der Waals surface area contributed by atoms with Gasteiger partial charge in [-0.2, -0.15) is 0 Å². The van der Waals surface area contributed by atoms with Crippen LogP contribution in [0.2, 0.25) is 10.0 Å². The third kappa shape index (κ3) is 6.04. The number of rotatable bonds is 7. The van der Waals surface area contributed by atoms with E-state index in [-0.39, 0.29) is 18.2 Å². The summed E-state index contributed by atoms with van der Waals surface area (Å²) in [5.74, 6) is -0.460. The lowest BCUT2D eigenvalue weighted by atomic mass is 10.1. The first-order chi connectivity index (χ1) is 14.0. The number of halogens is 2. The molecular formula is C22H19Cl2N3O2. The molecular weight excluding hydrogens is 409 g/mol. The van der Waals surface area contributed by atoms with Gasteiger partial charge in [0.1, 0.15) is 0 Å². The Labute approximate surface area is 179 Å². The van der Waals surface area contributed by atoms with Crippen LogP contribution < -0.4 is 10.6 Å². The molecule has 0 atom stereocenters. The number of hydrogen-bond acceptors (Lipinski definition) is 3. The van der Waals surface area contributed by atoms with Crippen molar-refractivity contribution in [2.75, 3.05) is 5.32 Å². The van der Waals surface area contributed by atoms with Crippen molar-refractivity contribution >= 4 is 40.7 Å². The molecule has 0 saturated heterocycles. The van der Waals surface area contributed by atoms with Gasteiger partial charge >= 0.3 is 0 Å². The molecule has 1 heterocycles. The number of aromatic nitrogens is 1. The van der Waals surface area contributed by atoms with E-state index in [1.807, 2.05) is 18.2 Å². The zero-order chi connectivity index (χ0) is 20.6. The van der Waals surface area contributed by atoms with Gasteiger partial charge in [0.2, 0.25) is 5.91 Å². The van der Waals surface area contributed by atoms with Gasteiger partial charge in [0.15, 0.2) is 0 Å². The number of aryl methyl sites for hydroxylation is 1. The van der Waals surface area contributed by atoms with E-state index < -0.39 is 0 Å². The van der Waals surface area contributed by atoms with E-state index in [4.69, 9.17) is 23.2 Å². The van der Waals surface area contributed by atoms with Crippen LogP contribution in [-0.2, 0) is 17.8 Å². The van der Waals surface area contributed by atoms with Gasteiger partial charge in [-0.15, -0.1) is 0 Å². The zero-order valence-corrected chi connectivity index (χ0v) is 17.0. The maximum Gasteiger partial charge on any atom is 0.253 e. The molecule has 0 unspecified atom stereocenters. The average Bonchev–Trinajstić information content (AvgIpc) is 2.74. The van der Waals surface area contributed by atoms with Crippen molar-refractivity contribution in [1.29, 1.82) is 0 Å². The van der Waals surface area contributed by atoms with E-state index in [2.05, 4.69) is 15.6 Å². The largest absolute Gasteiger partial charge is 0.348 e. The van der Waals surface area contributed by atoms with Crippen LogP contribution in [0.25, 0.3) is 0 Å².